The highest BCUT2D eigenvalue weighted by Crippen LogP contribution is 2.35. The molecule has 1 saturated carbocycles. The fraction of sp³-hybridized carbons (Fsp3) is 0.474. The van der Waals surface area contributed by atoms with Crippen molar-refractivity contribution in [2.75, 3.05) is 26.1 Å². The number of methoxy groups -OCH3 is 2. The molecule has 1 aliphatic heterocycles. The molecule has 1 amide bonds. The molecule has 0 saturated heterocycles. The van der Waals surface area contributed by atoms with Crippen molar-refractivity contribution in [3.8, 4) is 11.5 Å². The summed E-state index contributed by atoms with van der Waals surface area (Å²) in [5.74, 6) is 0.986. The number of aromatic nitrogens is 1. The summed E-state index contributed by atoms with van der Waals surface area (Å²) in [6, 6.07) is 5.35. The minimum Gasteiger partial charge on any atom is -0.493 e. The minimum atomic E-state index is -3.20. The number of thiazole rings is 1. The third kappa shape index (κ3) is 4.24. The van der Waals surface area contributed by atoms with Crippen LogP contribution in [0.2, 0.25) is 0 Å². The Bertz CT molecular complexity index is 1030. The van der Waals surface area contributed by atoms with Crippen LogP contribution in [0, 0.1) is 0 Å². The smallest absolute Gasteiger partial charge is 0.230 e. The second-order valence-electron chi connectivity index (χ2n) is 7.13. The summed E-state index contributed by atoms with van der Waals surface area (Å²) in [6.45, 7) is 0.798. The summed E-state index contributed by atoms with van der Waals surface area (Å²) in [5, 5.41) is 3.13. The Kier molecular flexibility index (Phi) is 5.50. The number of ether oxygens (including phenoxy) is 2. The predicted octanol–water partition coefficient (Wildman–Crippen LogP) is 2.19. The number of carbonyl (C=O) groups is 1. The van der Waals surface area contributed by atoms with Gasteiger partial charge < -0.3 is 14.8 Å². The van der Waals surface area contributed by atoms with Crippen molar-refractivity contribution >= 4 is 32.4 Å². The number of anilines is 1. The van der Waals surface area contributed by atoms with E-state index >= 15 is 0 Å². The molecule has 0 spiro atoms. The van der Waals surface area contributed by atoms with E-state index in [4.69, 9.17) is 9.47 Å². The Labute approximate surface area is 173 Å². The van der Waals surface area contributed by atoms with Crippen molar-refractivity contribution < 1.29 is 22.7 Å². The average molecular weight is 438 g/mol. The van der Waals surface area contributed by atoms with Gasteiger partial charge in [0.15, 0.2) is 16.6 Å². The van der Waals surface area contributed by atoms with Crippen LogP contribution in [0.25, 0.3) is 0 Å². The lowest BCUT2D eigenvalue weighted by Gasteiger charge is -2.25. The molecule has 2 aromatic rings. The highest BCUT2D eigenvalue weighted by atomic mass is 32.2. The number of fused-ring (bicyclic) bond motifs is 1. The summed E-state index contributed by atoms with van der Waals surface area (Å²) in [6.07, 6.45) is 2.26. The fourth-order valence-corrected chi connectivity index (χ4v) is 6.29. The lowest BCUT2D eigenvalue weighted by Crippen LogP contribution is -2.37. The van der Waals surface area contributed by atoms with Gasteiger partial charge in [-0.2, -0.15) is 4.31 Å². The van der Waals surface area contributed by atoms with Crippen molar-refractivity contribution in [1.82, 2.24) is 9.29 Å². The largest absolute Gasteiger partial charge is 0.493 e. The number of benzene rings is 1. The average Bonchev–Trinajstić information content (AvgIpc) is 3.48. The molecule has 0 bridgehead atoms. The zero-order chi connectivity index (χ0) is 20.6. The van der Waals surface area contributed by atoms with Crippen molar-refractivity contribution in [3.63, 3.8) is 0 Å². The Morgan fingerprint density at radius 1 is 1.28 bits per heavy atom. The molecule has 0 atom stereocenters. The first-order chi connectivity index (χ1) is 13.9. The number of hydrogen-bond acceptors (Lipinski definition) is 7. The number of amides is 1. The van der Waals surface area contributed by atoms with Crippen LogP contribution in [0.1, 0.15) is 29.0 Å². The molecule has 8 nitrogen and oxygen atoms in total. The SMILES string of the molecule is COc1ccc(CC(=O)Nc2nc3c(s2)CN(S(=O)(=O)C2CC2)CC3)cc1OC. The van der Waals surface area contributed by atoms with Gasteiger partial charge in [-0.3, -0.25) is 4.79 Å². The maximum atomic E-state index is 12.5. The van der Waals surface area contributed by atoms with Gasteiger partial charge in [0, 0.05) is 24.4 Å². The molecule has 156 valence electrons. The number of carbonyl (C=O) groups excluding carboxylic acids is 1. The van der Waals surface area contributed by atoms with Crippen molar-refractivity contribution in [1.29, 1.82) is 0 Å². The summed E-state index contributed by atoms with van der Waals surface area (Å²) in [4.78, 5) is 17.8. The van der Waals surface area contributed by atoms with E-state index in [1.165, 1.54) is 11.3 Å². The van der Waals surface area contributed by atoms with E-state index in [2.05, 4.69) is 10.3 Å². The molecule has 2 aliphatic rings. The lowest BCUT2D eigenvalue weighted by molar-refractivity contribution is -0.115. The zero-order valence-corrected chi connectivity index (χ0v) is 17.9. The molecule has 1 aliphatic carbocycles. The summed E-state index contributed by atoms with van der Waals surface area (Å²) in [7, 11) is -0.0846. The number of rotatable bonds is 7. The summed E-state index contributed by atoms with van der Waals surface area (Å²) < 4.78 is 37.0. The number of nitrogens with zero attached hydrogens (tertiary/aromatic N) is 2. The fourth-order valence-electron chi connectivity index (χ4n) is 3.36. The molecule has 1 fully saturated rings. The zero-order valence-electron chi connectivity index (χ0n) is 16.3. The number of nitrogens with one attached hydrogen (secondary N) is 1. The maximum absolute atomic E-state index is 12.5. The summed E-state index contributed by atoms with van der Waals surface area (Å²) >= 11 is 1.35. The first kappa shape index (κ1) is 20.1. The number of hydrogen-bond donors (Lipinski definition) is 1. The van der Waals surface area contributed by atoms with Gasteiger partial charge in [0.25, 0.3) is 0 Å². The van der Waals surface area contributed by atoms with Gasteiger partial charge in [0.2, 0.25) is 15.9 Å². The van der Waals surface area contributed by atoms with Crippen LogP contribution >= 0.6 is 11.3 Å². The minimum absolute atomic E-state index is 0.173. The van der Waals surface area contributed by atoms with Crippen LogP contribution < -0.4 is 14.8 Å². The van der Waals surface area contributed by atoms with Crippen LogP contribution in [0.4, 0.5) is 5.13 Å². The first-order valence-electron chi connectivity index (χ1n) is 9.39. The Hall–Kier alpha value is -2.17. The van der Waals surface area contributed by atoms with E-state index in [9.17, 15) is 13.2 Å². The van der Waals surface area contributed by atoms with Crippen LogP contribution in [0.3, 0.4) is 0 Å². The third-order valence-corrected chi connectivity index (χ3v) is 8.40. The number of sulfonamides is 1. The van der Waals surface area contributed by atoms with Gasteiger partial charge in [-0.05, 0) is 30.5 Å². The standard InChI is InChI=1S/C19H23N3O5S2/c1-26-15-6-3-12(9-16(15)27-2)10-18(23)21-19-20-14-7-8-22(11-17(14)28-19)29(24,25)13-4-5-13/h3,6,9,13H,4-5,7-8,10-11H2,1-2H3,(H,20,21,23). The normalized spacial score (nSPS) is 16.9. The molecule has 4 rings (SSSR count). The van der Waals surface area contributed by atoms with Gasteiger partial charge >= 0.3 is 0 Å². The Morgan fingerprint density at radius 2 is 2.03 bits per heavy atom. The molecule has 2 heterocycles. The van der Waals surface area contributed by atoms with Gasteiger partial charge in [0.05, 0.1) is 31.6 Å². The van der Waals surface area contributed by atoms with Crippen molar-refractivity contribution in [2.45, 2.75) is 37.5 Å². The second-order valence-corrected chi connectivity index (χ2v) is 10.4. The maximum Gasteiger partial charge on any atom is 0.230 e. The second kappa shape index (κ2) is 7.92. The van der Waals surface area contributed by atoms with E-state index < -0.39 is 10.0 Å². The molecule has 29 heavy (non-hydrogen) atoms. The highest BCUT2D eigenvalue weighted by Gasteiger charge is 2.41. The highest BCUT2D eigenvalue weighted by molar-refractivity contribution is 7.90. The molecular weight excluding hydrogens is 414 g/mol. The van der Waals surface area contributed by atoms with Gasteiger partial charge in [-0.15, -0.1) is 11.3 Å². The summed E-state index contributed by atoms with van der Waals surface area (Å²) in [5.41, 5.74) is 1.67. The van der Waals surface area contributed by atoms with E-state index in [-0.39, 0.29) is 17.6 Å². The van der Waals surface area contributed by atoms with Crippen molar-refractivity contribution in [2.24, 2.45) is 0 Å². The van der Waals surface area contributed by atoms with Crippen LogP contribution in [-0.4, -0.2) is 49.6 Å². The van der Waals surface area contributed by atoms with Gasteiger partial charge in [0.1, 0.15) is 0 Å². The third-order valence-electron chi connectivity index (χ3n) is 5.06. The van der Waals surface area contributed by atoms with E-state index in [0.29, 0.717) is 36.1 Å². The van der Waals surface area contributed by atoms with Crippen LogP contribution in [-0.2, 0) is 34.2 Å². The van der Waals surface area contributed by atoms with E-state index in [1.54, 1.807) is 30.7 Å². The van der Waals surface area contributed by atoms with Gasteiger partial charge in [-0.25, -0.2) is 13.4 Å². The quantitative estimate of drug-likeness (QED) is 0.713. The first-order valence-corrected chi connectivity index (χ1v) is 11.7. The Balaban J connectivity index is 1.41. The van der Waals surface area contributed by atoms with E-state index in [0.717, 1.165) is 29.0 Å². The molecule has 0 unspecified atom stereocenters. The van der Waals surface area contributed by atoms with Crippen LogP contribution in [0.15, 0.2) is 18.2 Å². The lowest BCUT2D eigenvalue weighted by atomic mass is 10.1. The monoisotopic (exact) mass is 437 g/mol. The molecular formula is C19H23N3O5S2. The van der Waals surface area contributed by atoms with Crippen molar-refractivity contribution in [3.05, 3.63) is 34.3 Å². The molecule has 1 aromatic heterocycles. The molecule has 0 radical (unpaired) electrons. The predicted molar refractivity (Wildman–Crippen MR) is 110 cm³/mol. The van der Waals surface area contributed by atoms with Crippen LogP contribution in [0.5, 0.6) is 11.5 Å². The topological polar surface area (TPSA) is 97.8 Å². The molecule has 1 aromatic carbocycles. The molecule has 10 heteroatoms. The molecule has 1 N–H and O–H groups in total. The van der Waals surface area contributed by atoms with Gasteiger partial charge in [-0.1, -0.05) is 6.07 Å². The Morgan fingerprint density at radius 3 is 2.72 bits per heavy atom. The van der Waals surface area contributed by atoms with E-state index in [1.807, 2.05) is 6.07 Å².